The number of carbonyl (C=O) groups excluding carboxylic acids is 1. The number of anilines is 1. The number of alkyl halides is 3. The number of amides is 1. The van der Waals surface area contributed by atoms with Gasteiger partial charge in [0, 0.05) is 43.3 Å². The molecule has 0 radical (unpaired) electrons. The molecule has 0 aromatic heterocycles. The number of likely N-dealkylation sites (N-methyl/N-ethyl adjacent to an activating group) is 1. The van der Waals surface area contributed by atoms with Gasteiger partial charge in [-0.1, -0.05) is 6.42 Å². The van der Waals surface area contributed by atoms with Crippen LogP contribution in [0, 0.1) is 17.7 Å². The third-order valence-electron chi connectivity index (χ3n) is 6.17. The summed E-state index contributed by atoms with van der Waals surface area (Å²) in [6, 6.07) is 4.05. The summed E-state index contributed by atoms with van der Waals surface area (Å²) in [5, 5.41) is 2.84. The molecule has 2 fully saturated rings. The fourth-order valence-corrected chi connectivity index (χ4v) is 4.34. The van der Waals surface area contributed by atoms with Gasteiger partial charge in [-0.15, -0.1) is 0 Å². The van der Waals surface area contributed by atoms with E-state index < -0.39 is 29.9 Å². The van der Waals surface area contributed by atoms with Crippen molar-refractivity contribution in [2.24, 2.45) is 11.8 Å². The molecule has 8 heteroatoms. The van der Waals surface area contributed by atoms with Crippen LogP contribution in [-0.2, 0) is 4.79 Å². The molecule has 162 valence electrons. The minimum Gasteiger partial charge on any atom is -0.369 e. The molecule has 3 unspecified atom stereocenters. The Morgan fingerprint density at radius 2 is 1.86 bits per heavy atom. The van der Waals surface area contributed by atoms with E-state index in [-0.39, 0.29) is 18.7 Å². The number of hydrogen-bond donors (Lipinski definition) is 1. The monoisotopic (exact) mass is 415 g/mol. The minimum atomic E-state index is -4.26. The smallest absolute Gasteiger partial charge is 0.369 e. The maximum Gasteiger partial charge on any atom is 0.391 e. The van der Waals surface area contributed by atoms with Crippen molar-refractivity contribution in [3.05, 3.63) is 29.6 Å². The lowest BCUT2D eigenvalue weighted by molar-refractivity contribution is -0.186. The molecule has 1 aromatic carbocycles. The first-order valence-corrected chi connectivity index (χ1v) is 10.2. The SMILES string of the molecule is CC(NC(=O)C1CCCC(C(F)(F)F)C1)c1cc(F)ccc1N1CCN(C)CC1. The van der Waals surface area contributed by atoms with Crippen molar-refractivity contribution in [2.75, 3.05) is 38.1 Å². The van der Waals surface area contributed by atoms with Gasteiger partial charge in [-0.3, -0.25) is 4.79 Å². The summed E-state index contributed by atoms with van der Waals surface area (Å²) in [6.07, 6.45) is -3.50. The number of nitrogens with zero attached hydrogens (tertiary/aromatic N) is 2. The van der Waals surface area contributed by atoms with Crippen molar-refractivity contribution in [3.63, 3.8) is 0 Å². The third kappa shape index (κ3) is 5.41. The number of hydrogen-bond acceptors (Lipinski definition) is 3. The van der Waals surface area contributed by atoms with Crippen molar-refractivity contribution < 1.29 is 22.4 Å². The summed E-state index contributed by atoms with van der Waals surface area (Å²) in [6.45, 7) is 5.13. The topological polar surface area (TPSA) is 35.6 Å². The second-order valence-corrected chi connectivity index (χ2v) is 8.33. The quantitative estimate of drug-likeness (QED) is 0.752. The van der Waals surface area contributed by atoms with Crippen molar-refractivity contribution >= 4 is 11.6 Å². The van der Waals surface area contributed by atoms with Gasteiger partial charge in [-0.25, -0.2) is 4.39 Å². The molecule has 3 rings (SSSR count). The van der Waals surface area contributed by atoms with Crippen LogP contribution in [0.4, 0.5) is 23.2 Å². The number of benzene rings is 1. The van der Waals surface area contributed by atoms with E-state index in [2.05, 4.69) is 15.1 Å². The molecule has 1 heterocycles. The maximum atomic E-state index is 13.9. The van der Waals surface area contributed by atoms with Crippen LogP contribution < -0.4 is 10.2 Å². The van der Waals surface area contributed by atoms with Gasteiger partial charge >= 0.3 is 6.18 Å². The van der Waals surface area contributed by atoms with Crippen LogP contribution in [0.3, 0.4) is 0 Å². The van der Waals surface area contributed by atoms with E-state index in [9.17, 15) is 22.4 Å². The highest BCUT2D eigenvalue weighted by atomic mass is 19.4. The van der Waals surface area contributed by atoms with Crippen LogP contribution in [0.2, 0.25) is 0 Å². The fourth-order valence-electron chi connectivity index (χ4n) is 4.34. The molecule has 1 saturated carbocycles. The second-order valence-electron chi connectivity index (χ2n) is 8.33. The van der Waals surface area contributed by atoms with Gasteiger partial charge in [0.05, 0.1) is 12.0 Å². The highest BCUT2D eigenvalue weighted by Gasteiger charge is 2.43. The standard InChI is InChI=1S/C21H29F4N3O/c1-14(26-20(29)15-4-3-5-16(12-15)21(23,24)25)18-13-17(22)6-7-19(18)28-10-8-27(2)9-11-28/h6-7,13-16H,3-5,8-12H2,1-2H3,(H,26,29). The average molecular weight is 415 g/mol. The van der Waals surface area contributed by atoms with Gasteiger partial charge in [0.25, 0.3) is 0 Å². The number of carbonyl (C=O) groups is 1. The first-order valence-electron chi connectivity index (χ1n) is 10.2. The molecule has 1 aromatic rings. The Balaban J connectivity index is 1.71. The predicted octanol–water partition coefficient (Wildman–Crippen LogP) is 4.12. The molecule has 1 aliphatic heterocycles. The van der Waals surface area contributed by atoms with E-state index in [0.29, 0.717) is 18.4 Å². The summed E-state index contributed by atoms with van der Waals surface area (Å²) >= 11 is 0. The number of piperazine rings is 1. The van der Waals surface area contributed by atoms with E-state index in [1.807, 2.05) is 7.05 Å². The van der Waals surface area contributed by atoms with Gasteiger partial charge in [-0.05, 0) is 51.4 Å². The van der Waals surface area contributed by atoms with Crippen LogP contribution in [0.1, 0.15) is 44.2 Å². The molecule has 2 aliphatic rings. The Bertz CT molecular complexity index is 716. The zero-order chi connectivity index (χ0) is 21.2. The maximum absolute atomic E-state index is 13.9. The lowest BCUT2D eigenvalue weighted by Gasteiger charge is -2.36. The molecule has 3 atom stereocenters. The van der Waals surface area contributed by atoms with Crippen molar-refractivity contribution in [1.29, 1.82) is 0 Å². The second kappa shape index (κ2) is 8.90. The highest BCUT2D eigenvalue weighted by Crippen LogP contribution is 2.40. The lowest BCUT2D eigenvalue weighted by atomic mass is 9.80. The zero-order valence-corrected chi connectivity index (χ0v) is 16.9. The third-order valence-corrected chi connectivity index (χ3v) is 6.17. The predicted molar refractivity (Wildman–Crippen MR) is 104 cm³/mol. The largest absolute Gasteiger partial charge is 0.391 e. The van der Waals surface area contributed by atoms with Gasteiger partial charge in [-0.2, -0.15) is 13.2 Å². The number of nitrogens with one attached hydrogen (secondary N) is 1. The van der Waals surface area contributed by atoms with E-state index in [1.54, 1.807) is 13.0 Å². The Morgan fingerprint density at radius 1 is 1.17 bits per heavy atom. The van der Waals surface area contributed by atoms with Gasteiger partial charge in [0.2, 0.25) is 5.91 Å². The molecule has 0 bridgehead atoms. The van der Waals surface area contributed by atoms with Crippen LogP contribution >= 0.6 is 0 Å². The minimum absolute atomic E-state index is 0.0836. The highest BCUT2D eigenvalue weighted by molar-refractivity contribution is 5.79. The van der Waals surface area contributed by atoms with E-state index >= 15 is 0 Å². The number of halogens is 4. The van der Waals surface area contributed by atoms with Crippen molar-refractivity contribution in [3.8, 4) is 0 Å². The van der Waals surface area contributed by atoms with E-state index in [4.69, 9.17) is 0 Å². The molecule has 4 nitrogen and oxygen atoms in total. The summed E-state index contributed by atoms with van der Waals surface area (Å²) in [5.74, 6) is -2.84. The zero-order valence-electron chi connectivity index (χ0n) is 16.9. The van der Waals surface area contributed by atoms with Gasteiger partial charge < -0.3 is 15.1 Å². The van der Waals surface area contributed by atoms with E-state index in [0.717, 1.165) is 31.9 Å². The molecular formula is C21H29F4N3O. The molecule has 1 N–H and O–H groups in total. The number of rotatable bonds is 4. The normalized spacial score (nSPS) is 25.0. The fraction of sp³-hybridized carbons (Fsp3) is 0.667. The summed E-state index contributed by atoms with van der Waals surface area (Å²) in [5.41, 5.74) is 1.52. The van der Waals surface area contributed by atoms with Gasteiger partial charge in [0.1, 0.15) is 5.82 Å². The Kier molecular flexibility index (Phi) is 6.71. The van der Waals surface area contributed by atoms with Crippen LogP contribution in [0.25, 0.3) is 0 Å². The Hall–Kier alpha value is -1.83. The molecule has 29 heavy (non-hydrogen) atoms. The van der Waals surface area contributed by atoms with Crippen LogP contribution in [-0.4, -0.2) is 50.2 Å². The van der Waals surface area contributed by atoms with Crippen LogP contribution in [0.15, 0.2) is 18.2 Å². The first-order chi connectivity index (χ1) is 13.6. The van der Waals surface area contributed by atoms with Crippen LogP contribution in [0.5, 0.6) is 0 Å². The van der Waals surface area contributed by atoms with E-state index in [1.165, 1.54) is 12.1 Å². The molecule has 1 aliphatic carbocycles. The molecule has 0 spiro atoms. The summed E-state index contributed by atoms with van der Waals surface area (Å²) in [4.78, 5) is 17.1. The molecular weight excluding hydrogens is 386 g/mol. The average Bonchev–Trinajstić information content (AvgIpc) is 2.68. The Morgan fingerprint density at radius 3 is 2.52 bits per heavy atom. The lowest BCUT2D eigenvalue weighted by Crippen LogP contribution is -2.45. The first kappa shape index (κ1) is 21.9. The summed E-state index contributed by atoms with van der Waals surface area (Å²) < 4.78 is 53.1. The van der Waals surface area contributed by atoms with Crippen molar-refractivity contribution in [1.82, 2.24) is 10.2 Å². The molecule has 1 saturated heterocycles. The summed E-state index contributed by atoms with van der Waals surface area (Å²) in [7, 11) is 2.05. The van der Waals surface area contributed by atoms with Crippen molar-refractivity contribution in [2.45, 2.75) is 44.8 Å². The van der Waals surface area contributed by atoms with Gasteiger partial charge in [0.15, 0.2) is 0 Å². The molecule has 1 amide bonds. The Labute approximate surface area is 169 Å².